The van der Waals surface area contributed by atoms with Gasteiger partial charge in [-0.25, -0.2) is 0 Å². The van der Waals surface area contributed by atoms with Crippen molar-refractivity contribution < 1.29 is 0 Å². The third-order valence-electron chi connectivity index (χ3n) is 5.86. The Labute approximate surface area is 132 Å². The van der Waals surface area contributed by atoms with Crippen LogP contribution in [0, 0.1) is 17.8 Å². The SMILES string of the molecule is CCC[C@@H](C)C1CCC(CCCC2=C(C)C=CNC2)CC1. The minimum absolute atomic E-state index is 0.962. The fourth-order valence-corrected chi connectivity index (χ4v) is 4.25. The molecule has 1 N–H and O–H groups in total. The Morgan fingerprint density at radius 2 is 2.00 bits per heavy atom. The zero-order valence-electron chi connectivity index (χ0n) is 14.5. The zero-order valence-corrected chi connectivity index (χ0v) is 14.5. The third-order valence-corrected chi connectivity index (χ3v) is 5.86. The molecule has 21 heavy (non-hydrogen) atoms. The molecule has 1 atom stereocenters. The molecule has 0 bridgehead atoms. The number of rotatable bonds is 7. The van der Waals surface area contributed by atoms with Gasteiger partial charge in [0.1, 0.15) is 0 Å². The molecule has 1 fully saturated rings. The van der Waals surface area contributed by atoms with E-state index < -0.39 is 0 Å². The maximum absolute atomic E-state index is 3.35. The summed E-state index contributed by atoms with van der Waals surface area (Å²) >= 11 is 0. The Morgan fingerprint density at radius 3 is 2.67 bits per heavy atom. The van der Waals surface area contributed by atoms with E-state index in [0.717, 1.165) is 24.3 Å². The highest BCUT2D eigenvalue weighted by molar-refractivity contribution is 5.27. The maximum Gasteiger partial charge on any atom is 0.0360 e. The predicted molar refractivity (Wildman–Crippen MR) is 93.2 cm³/mol. The molecule has 2 aliphatic rings. The summed E-state index contributed by atoms with van der Waals surface area (Å²) < 4.78 is 0. The van der Waals surface area contributed by atoms with Gasteiger partial charge in [-0.05, 0) is 73.8 Å². The van der Waals surface area contributed by atoms with E-state index in [2.05, 4.69) is 38.4 Å². The van der Waals surface area contributed by atoms with Crippen molar-refractivity contribution in [3.05, 3.63) is 23.4 Å². The van der Waals surface area contributed by atoms with Crippen LogP contribution in [0.5, 0.6) is 0 Å². The highest BCUT2D eigenvalue weighted by Gasteiger charge is 2.24. The first kappa shape index (κ1) is 16.6. The monoisotopic (exact) mass is 289 g/mol. The fourth-order valence-electron chi connectivity index (χ4n) is 4.25. The second kappa shape index (κ2) is 8.66. The van der Waals surface area contributed by atoms with E-state index in [1.807, 2.05) is 0 Å². The van der Waals surface area contributed by atoms with E-state index in [4.69, 9.17) is 0 Å². The Balaban J connectivity index is 1.64. The van der Waals surface area contributed by atoms with Crippen LogP contribution in [0.25, 0.3) is 0 Å². The van der Waals surface area contributed by atoms with Crippen molar-refractivity contribution in [2.45, 2.75) is 78.6 Å². The van der Waals surface area contributed by atoms with E-state index in [0.29, 0.717) is 0 Å². The quantitative estimate of drug-likeness (QED) is 0.621. The largest absolute Gasteiger partial charge is 0.387 e. The Hall–Kier alpha value is -0.720. The van der Waals surface area contributed by atoms with Crippen LogP contribution in [-0.4, -0.2) is 6.54 Å². The lowest BCUT2D eigenvalue weighted by Gasteiger charge is -2.32. The lowest BCUT2D eigenvalue weighted by molar-refractivity contribution is 0.198. The average molecular weight is 290 g/mol. The molecule has 120 valence electrons. The predicted octanol–water partition coefficient (Wildman–Crippen LogP) is 5.83. The van der Waals surface area contributed by atoms with E-state index >= 15 is 0 Å². The number of hydrogen-bond acceptors (Lipinski definition) is 1. The summed E-state index contributed by atoms with van der Waals surface area (Å²) in [4.78, 5) is 0. The van der Waals surface area contributed by atoms with Crippen LogP contribution in [0.1, 0.15) is 78.6 Å². The van der Waals surface area contributed by atoms with Gasteiger partial charge < -0.3 is 5.32 Å². The highest BCUT2D eigenvalue weighted by atomic mass is 14.8. The van der Waals surface area contributed by atoms with Crippen LogP contribution in [0.15, 0.2) is 23.4 Å². The lowest BCUT2D eigenvalue weighted by Crippen LogP contribution is -2.20. The topological polar surface area (TPSA) is 12.0 Å². The molecule has 0 aromatic carbocycles. The van der Waals surface area contributed by atoms with Crippen LogP contribution >= 0.6 is 0 Å². The van der Waals surface area contributed by atoms with Gasteiger partial charge in [-0.3, -0.25) is 0 Å². The van der Waals surface area contributed by atoms with Crippen LogP contribution < -0.4 is 5.32 Å². The fraction of sp³-hybridized carbons (Fsp3) is 0.800. The molecule has 0 aromatic heterocycles. The molecular formula is C20H35N. The average Bonchev–Trinajstić information content (AvgIpc) is 2.50. The maximum atomic E-state index is 3.35. The molecule has 0 aromatic rings. The summed E-state index contributed by atoms with van der Waals surface area (Å²) in [6, 6.07) is 0. The van der Waals surface area contributed by atoms with E-state index in [9.17, 15) is 0 Å². The molecule has 1 heteroatoms. The molecule has 1 heterocycles. The number of allylic oxidation sites excluding steroid dienone is 2. The molecule has 0 spiro atoms. The summed E-state index contributed by atoms with van der Waals surface area (Å²) in [6.45, 7) is 8.14. The van der Waals surface area contributed by atoms with Gasteiger partial charge in [-0.2, -0.15) is 0 Å². The Kier molecular flexibility index (Phi) is 6.86. The van der Waals surface area contributed by atoms with Crippen molar-refractivity contribution in [2.24, 2.45) is 17.8 Å². The van der Waals surface area contributed by atoms with E-state index in [1.54, 1.807) is 5.57 Å². The summed E-state index contributed by atoms with van der Waals surface area (Å²) in [5.41, 5.74) is 3.12. The first-order valence-corrected chi connectivity index (χ1v) is 9.29. The second-order valence-electron chi connectivity index (χ2n) is 7.44. The molecule has 0 unspecified atom stereocenters. The molecule has 1 aliphatic carbocycles. The highest BCUT2D eigenvalue weighted by Crippen LogP contribution is 2.37. The van der Waals surface area contributed by atoms with Gasteiger partial charge in [-0.15, -0.1) is 0 Å². The van der Waals surface area contributed by atoms with E-state index in [-0.39, 0.29) is 0 Å². The van der Waals surface area contributed by atoms with Crippen molar-refractivity contribution in [3.63, 3.8) is 0 Å². The van der Waals surface area contributed by atoms with Crippen molar-refractivity contribution >= 4 is 0 Å². The first-order valence-electron chi connectivity index (χ1n) is 9.29. The van der Waals surface area contributed by atoms with Crippen LogP contribution in [0.2, 0.25) is 0 Å². The van der Waals surface area contributed by atoms with E-state index in [1.165, 1.54) is 63.4 Å². The molecule has 1 aliphatic heterocycles. The summed E-state index contributed by atoms with van der Waals surface area (Å²) in [5, 5.41) is 3.35. The molecule has 0 amide bonds. The van der Waals surface area contributed by atoms with Crippen LogP contribution in [-0.2, 0) is 0 Å². The zero-order chi connectivity index (χ0) is 15.1. The van der Waals surface area contributed by atoms with Gasteiger partial charge in [-0.1, -0.05) is 46.0 Å². The third kappa shape index (κ3) is 5.20. The van der Waals surface area contributed by atoms with Crippen LogP contribution in [0.4, 0.5) is 0 Å². The molecule has 2 rings (SSSR count). The standard InChI is InChI=1S/C20H35N/c1-4-6-16(2)19-11-9-18(10-12-19)7-5-8-20-15-21-14-13-17(20)3/h13-14,16,18-19,21H,4-12,15H2,1-3H3/t16-,18?,19?/m1/s1. The number of dihydropyridines is 1. The summed E-state index contributed by atoms with van der Waals surface area (Å²) in [7, 11) is 0. The first-order chi connectivity index (χ1) is 10.2. The summed E-state index contributed by atoms with van der Waals surface area (Å²) in [6.07, 6.45) is 17.2. The molecule has 1 saturated carbocycles. The summed E-state index contributed by atoms with van der Waals surface area (Å²) in [5.74, 6) is 3.01. The van der Waals surface area contributed by atoms with Gasteiger partial charge in [0.15, 0.2) is 0 Å². The van der Waals surface area contributed by atoms with Gasteiger partial charge in [0.05, 0.1) is 0 Å². The smallest absolute Gasteiger partial charge is 0.0360 e. The molecular weight excluding hydrogens is 254 g/mol. The van der Waals surface area contributed by atoms with Crippen molar-refractivity contribution in [1.29, 1.82) is 0 Å². The second-order valence-corrected chi connectivity index (χ2v) is 7.44. The lowest BCUT2D eigenvalue weighted by atomic mass is 9.74. The van der Waals surface area contributed by atoms with Crippen molar-refractivity contribution in [3.8, 4) is 0 Å². The molecule has 1 nitrogen and oxygen atoms in total. The molecule has 0 radical (unpaired) electrons. The minimum atomic E-state index is 0.962. The Bertz CT molecular complexity index is 358. The van der Waals surface area contributed by atoms with Crippen molar-refractivity contribution in [1.82, 2.24) is 5.32 Å². The van der Waals surface area contributed by atoms with Gasteiger partial charge in [0.2, 0.25) is 0 Å². The van der Waals surface area contributed by atoms with Crippen molar-refractivity contribution in [2.75, 3.05) is 6.54 Å². The van der Waals surface area contributed by atoms with Gasteiger partial charge in [0, 0.05) is 6.54 Å². The number of nitrogens with one attached hydrogen (secondary N) is 1. The van der Waals surface area contributed by atoms with Crippen LogP contribution in [0.3, 0.4) is 0 Å². The molecule has 0 saturated heterocycles. The normalized spacial score (nSPS) is 27.6. The minimum Gasteiger partial charge on any atom is -0.387 e. The Morgan fingerprint density at radius 1 is 1.24 bits per heavy atom. The van der Waals surface area contributed by atoms with Gasteiger partial charge in [0.25, 0.3) is 0 Å². The number of hydrogen-bond donors (Lipinski definition) is 1. The van der Waals surface area contributed by atoms with Gasteiger partial charge >= 0.3 is 0 Å².